The van der Waals surface area contributed by atoms with E-state index in [2.05, 4.69) is 45.3 Å². The van der Waals surface area contributed by atoms with Crippen LogP contribution in [0, 0.1) is 5.41 Å². The molecule has 2 saturated heterocycles. The zero-order valence-corrected chi connectivity index (χ0v) is 17.4. The molecule has 0 radical (unpaired) electrons. The highest BCUT2D eigenvalue weighted by Gasteiger charge is 2.54. The third-order valence-electron chi connectivity index (χ3n) is 7.21. The molecule has 1 saturated carbocycles. The second kappa shape index (κ2) is 8.74. The fourth-order valence-corrected chi connectivity index (χ4v) is 5.72. The van der Waals surface area contributed by atoms with E-state index in [4.69, 9.17) is 0 Å². The van der Waals surface area contributed by atoms with Crippen LogP contribution >= 0.6 is 0 Å². The summed E-state index contributed by atoms with van der Waals surface area (Å²) >= 11 is 0. The van der Waals surface area contributed by atoms with Crippen LogP contribution in [0.15, 0.2) is 30.3 Å². The molecule has 2 amide bonds. The number of esters is 1. The second-order valence-corrected chi connectivity index (χ2v) is 8.86. The Morgan fingerprint density at radius 2 is 1.79 bits per heavy atom. The van der Waals surface area contributed by atoms with Gasteiger partial charge in [-0.15, -0.1) is 0 Å². The Labute approximate surface area is 173 Å². The molecule has 6 heteroatoms. The molecular formula is C23H33N3O3. The number of rotatable bonds is 4. The van der Waals surface area contributed by atoms with Gasteiger partial charge >= 0.3 is 12.0 Å². The molecule has 3 aliphatic rings. The van der Waals surface area contributed by atoms with Crippen LogP contribution in [0.3, 0.4) is 0 Å². The molecule has 0 unspecified atom stereocenters. The number of ether oxygens (including phenoxy) is 1. The van der Waals surface area contributed by atoms with Gasteiger partial charge in [-0.25, -0.2) is 4.79 Å². The number of hydrogen-bond acceptors (Lipinski definition) is 4. The molecule has 1 spiro atoms. The number of nitrogens with one attached hydrogen (secondary N) is 1. The fraction of sp³-hybridized carbons (Fsp3) is 0.652. The van der Waals surface area contributed by atoms with Crippen molar-refractivity contribution >= 4 is 12.0 Å². The van der Waals surface area contributed by atoms with Crippen LogP contribution in [0.5, 0.6) is 0 Å². The van der Waals surface area contributed by atoms with E-state index in [9.17, 15) is 9.59 Å². The number of carbonyl (C=O) groups is 2. The van der Waals surface area contributed by atoms with Crippen LogP contribution in [0.25, 0.3) is 0 Å². The van der Waals surface area contributed by atoms with Crippen molar-refractivity contribution in [3.63, 3.8) is 0 Å². The van der Waals surface area contributed by atoms with Gasteiger partial charge in [0.05, 0.1) is 7.11 Å². The lowest BCUT2D eigenvalue weighted by Gasteiger charge is -2.63. The maximum absolute atomic E-state index is 12.3. The van der Waals surface area contributed by atoms with E-state index in [1.54, 1.807) is 0 Å². The number of nitrogens with zero attached hydrogens (tertiary/aromatic N) is 2. The fourth-order valence-electron chi connectivity index (χ4n) is 5.72. The molecule has 29 heavy (non-hydrogen) atoms. The lowest BCUT2D eigenvalue weighted by atomic mass is 9.60. The molecule has 4 rings (SSSR count). The molecule has 1 aromatic rings. The van der Waals surface area contributed by atoms with E-state index in [0.29, 0.717) is 17.5 Å². The first-order chi connectivity index (χ1) is 14.1. The molecule has 0 aromatic heterocycles. The normalized spacial score (nSPS) is 24.7. The largest absolute Gasteiger partial charge is 0.468 e. The Bertz CT molecular complexity index is 709. The number of benzene rings is 1. The summed E-state index contributed by atoms with van der Waals surface area (Å²) in [5.74, 6) is -0.419. The number of urea groups is 1. The summed E-state index contributed by atoms with van der Waals surface area (Å²) in [4.78, 5) is 28.1. The van der Waals surface area contributed by atoms with Gasteiger partial charge < -0.3 is 15.0 Å². The summed E-state index contributed by atoms with van der Waals surface area (Å²) in [6.45, 7) is 2.61. The summed E-state index contributed by atoms with van der Waals surface area (Å²) in [7, 11) is 1.33. The van der Waals surface area contributed by atoms with Gasteiger partial charge in [-0.1, -0.05) is 49.6 Å². The third-order valence-corrected chi connectivity index (χ3v) is 7.21. The summed E-state index contributed by atoms with van der Waals surface area (Å²) < 4.78 is 4.59. The van der Waals surface area contributed by atoms with Gasteiger partial charge in [0, 0.05) is 37.1 Å². The minimum absolute atomic E-state index is 0.0695. The van der Waals surface area contributed by atoms with Crippen LogP contribution in [-0.4, -0.2) is 61.1 Å². The zero-order valence-electron chi connectivity index (χ0n) is 17.4. The maximum Gasteiger partial charge on any atom is 0.325 e. The molecule has 3 fully saturated rings. The number of methoxy groups -OCH3 is 1. The van der Waals surface area contributed by atoms with Crippen molar-refractivity contribution in [3.05, 3.63) is 35.9 Å². The first-order valence-corrected chi connectivity index (χ1v) is 11.0. The number of piperidine rings is 1. The Balaban J connectivity index is 1.38. The van der Waals surface area contributed by atoms with Gasteiger partial charge in [0.25, 0.3) is 0 Å². The summed E-state index contributed by atoms with van der Waals surface area (Å²) in [5.41, 5.74) is 1.91. The molecule has 1 aliphatic carbocycles. The smallest absolute Gasteiger partial charge is 0.325 e. The van der Waals surface area contributed by atoms with Gasteiger partial charge in [-0.2, -0.15) is 0 Å². The molecule has 2 heterocycles. The third kappa shape index (κ3) is 4.13. The van der Waals surface area contributed by atoms with Crippen molar-refractivity contribution in [1.29, 1.82) is 0 Å². The Morgan fingerprint density at radius 1 is 1.10 bits per heavy atom. The molecule has 2 aliphatic heterocycles. The van der Waals surface area contributed by atoms with Crippen molar-refractivity contribution < 1.29 is 14.3 Å². The Morgan fingerprint density at radius 3 is 2.45 bits per heavy atom. The van der Waals surface area contributed by atoms with Crippen LogP contribution in [0.1, 0.15) is 56.6 Å². The molecule has 6 nitrogen and oxygen atoms in total. The number of likely N-dealkylation sites (tertiary alicyclic amines) is 2. The molecule has 1 aromatic carbocycles. The number of hydrogen-bond donors (Lipinski definition) is 1. The van der Waals surface area contributed by atoms with Crippen molar-refractivity contribution in [2.45, 2.75) is 57.0 Å². The molecule has 1 atom stereocenters. The highest BCUT2D eigenvalue weighted by atomic mass is 16.5. The average molecular weight is 400 g/mol. The second-order valence-electron chi connectivity index (χ2n) is 8.86. The molecule has 158 valence electrons. The SMILES string of the molecule is COC(=O)CNC(=O)N1CCC(N2CC3(CCCCC3)[C@H]2c2ccccc2)CC1. The van der Waals surface area contributed by atoms with Gasteiger partial charge in [-0.3, -0.25) is 9.69 Å². The maximum atomic E-state index is 12.3. The van der Waals surface area contributed by atoms with E-state index in [1.165, 1.54) is 51.3 Å². The van der Waals surface area contributed by atoms with Crippen LogP contribution in [0.2, 0.25) is 0 Å². The monoisotopic (exact) mass is 399 g/mol. The van der Waals surface area contributed by atoms with Crippen LogP contribution in [-0.2, 0) is 9.53 Å². The minimum Gasteiger partial charge on any atom is -0.468 e. The van der Waals surface area contributed by atoms with Crippen molar-refractivity contribution in [2.75, 3.05) is 33.3 Å². The Kier molecular flexibility index (Phi) is 6.09. The first-order valence-electron chi connectivity index (χ1n) is 11.0. The number of amides is 2. The minimum atomic E-state index is -0.419. The quantitative estimate of drug-likeness (QED) is 0.789. The molecule has 1 N–H and O–H groups in total. The summed E-state index contributed by atoms with van der Waals surface area (Å²) in [6.07, 6.45) is 8.76. The summed E-state index contributed by atoms with van der Waals surface area (Å²) in [5, 5.41) is 2.66. The van der Waals surface area contributed by atoms with Crippen molar-refractivity contribution in [3.8, 4) is 0 Å². The average Bonchev–Trinajstić information content (AvgIpc) is 2.77. The zero-order chi connectivity index (χ0) is 20.3. The van der Waals surface area contributed by atoms with E-state index in [0.717, 1.165) is 25.9 Å². The van der Waals surface area contributed by atoms with Gasteiger partial charge in [-0.05, 0) is 31.2 Å². The van der Waals surface area contributed by atoms with E-state index in [-0.39, 0.29) is 12.6 Å². The van der Waals surface area contributed by atoms with Crippen molar-refractivity contribution in [2.24, 2.45) is 5.41 Å². The molecular weight excluding hydrogens is 366 g/mol. The first kappa shape index (κ1) is 20.2. The standard InChI is InChI=1S/C23H33N3O3/c1-29-20(27)16-24-22(28)25-14-10-19(11-15-25)26-17-23(12-6-3-7-13-23)21(26)18-8-4-2-5-9-18/h2,4-5,8-9,19,21H,3,6-7,10-17H2,1H3,(H,24,28)/t21-/m1/s1. The van der Waals surface area contributed by atoms with Crippen LogP contribution in [0.4, 0.5) is 4.79 Å². The van der Waals surface area contributed by atoms with E-state index < -0.39 is 5.97 Å². The highest BCUT2D eigenvalue weighted by Crippen LogP contribution is 2.58. The predicted molar refractivity (Wildman–Crippen MR) is 111 cm³/mol. The Hall–Kier alpha value is -2.08. The van der Waals surface area contributed by atoms with Crippen LogP contribution < -0.4 is 5.32 Å². The van der Waals surface area contributed by atoms with Gasteiger partial charge in [0.1, 0.15) is 6.54 Å². The van der Waals surface area contributed by atoms with Gasteiger partial charge in [0.15, 0.2) is 0 Å². The molecule has 0 bridgehead atoms. The van der Waals surface area contributed by atoms with E-state index in [1.807, 2.05) is 4.90 Å². The number of carbonyl (C=O) groups excluding carboxylic acids is 2. The summed E-state index contributed by atoms with van der Waals surface area (Å²) in [6, 6.07) is 11.9. The topological polar surface area (TPSA) is 61.9 Å². The van der Waals surface area contributed by atoms with Crippen molar-refractivity contribution in [1.82, 2.24) is 15.1 Å². The van der Waals surface area contributed by atoms with E-state index >= 15 is 0 Å². The predicted octanol–water partition coefficient (Wildman–Crippen LogP) is 3.34. The lowest BCUT2D eigenvalue weighted by molar-refractivity contribution is -0.139. The van der Waals surface area contributed by atoms with Gasteiger partial charge in [0.2, 0.25) is 0 Å². The lowest BCUT2D eigenvalue weighted by Crippen LogP contribution is -2.64. The highest BCUT2D eigenvalue weighted by molar-refractivity contribution is 5.80.